The van der Waals surface area contributed by atoms with Crippen LogP contribution in [0.3, 0.4) is 0 Å². The van der Waals surface area contributed by atoms with Crippen LogP contribution in [-0.2, 0) is 11.2 Å². The average Bonchev–Trinajstić information content (AvgIpc) is 2.57. The van der Waals surface area contributed by atoms with Crippen LogP contribution in [0, 0.1) is 0 Å². The van der Waals surface area contributed by atoms with Crippen molar-refractivity contribution in [1.82, 2.24) is 10.2 Å². The summed E-state index contributed by atoms with van der Waals surface area (Å²) in [7, 11) is 1.85. The maximum absolute atomic E-state index is 6.01. The quantitative estimate of drug-likeness (QED) is 0.922. The van der Waals surface area contributed by atoms with E-state index in [-0.39, 0.29) is 0 Å². The summed E-state index contributed by atoms with van der Waals surface area (Å²) in [5.41, 5.74) is 1.38. The zero-order valence-electron chi connectivity index (χ0n) is 13.4. The number of piperidine rings is 2. The number of methoxy groups -OCH3 is 1. The first-order valence-corrected chi connectivity index (χ1v) is 8.88. The van der Waals surface area contributed by atoms with Gasteiger partial charge in [0.05, 0.1) is 6.10 Å². The number of nitrogens with zero attached hydrogens (tertiary/aromatic N) is 1. The summed E-state index contributed by atoms with van der Waals surface area (Å²) in [6, 6.07) is 9.66. The Hall–Kier alpha value is -0.610. The summed E-state index contributed by atoms with van der Waals surface area (Å²) < 4.78 is 5.65. The summed E-state index contributed by atoms with van der Waals surface area (Å²) in [5.74, 6) is 0. The van der Waals surface area contributed by atoms with Gasteiger partial charge in [-0.3, -0.25) is 4.90 Å². The van der Waals surface area contributed by atoms with Crippen LogP contribution in [0.1, 0.15) is 31.2 Å². The fourth-order valence-electron chi connectivity index (χ4n) is 3.96. The van der Waals surface area contributed by atoms with E-state index in [1.807, 2.05) is 19.2 Å². The third kappa shape index (κ3) is 4.02. The highest BCUT2D eigenvalue weighted by Crippen LogP contribution is 2.28. The second-order valence-corrected chi connectivity index (χ2v) is 7.02. The molecule has 0 saturated carbocycles. The Balaban J connectivity index is 1.70. The van der Waals surface area contributed by atoms with Gasteiger partial charge in [-0.1, -0.05) is 23.7 Å². The van der Waals surface area contributed by atoms with Crippen LogP contribution in [-0.4, -0.2) is 49.8 Å². The van der Waals surface area contributed by atoms with Gasteiger partial charge in [-0.15, -0.1) is 0 Å². The van der Waals surface area contributed by atoms with Crippen LogP contribution in [0.25, 0.3) is 0 Å². The molecule has 122 valence electrons. The van der Waals surface area contributed by atoms with Gasteiger partial charge in [-0.05, 0) is 62.9 Å². The molecule has 2 atom stereocenters. The molecule has 0 amide bonds. The molecule has 1 aromatic carbocycles. The first kappa shape index (κ1) is 16.3. The van der Waals surface area contributed by atoms with Gasteiger partial charge in [0, 0.05) is 30.8 Å². The highest BCUT2D eigenvalue weighted by Gasteiger charge is 2.33. The second kappa shape index (κ2) is 7.78. The number of nitrogens with one attached hydrogen (secondary N) is 1. The lowest BCUT2D eigenvalue weighted by atomic mass is 9.90. The van der Waals surface area contributed by atoms with Gasteiger partial charge < -0.3 is 10.1 Å². The van der Waals surface area contributed by atoms with E-state index >= 15 is 0 Å². The van der Waals surface area contributed by atoms with Crippen molar-refractivity contribution in [2.45, 2.75) is 50.3 Å². The minimum atomic E-state index is 0.412. The van der Waals surface area contributed by atoms with Crippen molar-refractivity contribution >= 4 is 11.6 Å². The average molecular weight is 323 g/mol. The molecule has 0 aliphatic carbocycles. The fourth-order valence-corrected chi connectivity index (χ4v) is 4.08. The zero-order valence-corrected chi connectivity index (χ0v) is 14.2. The number of halogens is 1. The lowest BCUT2D eigenvalue weighted by molar-refractivity contribution is -0.0121. The molecule has 2 heterocycles. The fraction of sp³-hybridized carbons (Fsp3) is 0.667. The summed E-state index contributed by atoms with van der Waals surface area (Å²) in [4.78, 5) is 2.75. The van der Waals surface area contributed by atoms with Crippen LogP contribution in [0.4, 0.5) is 0 Å². The Bertz CT molecular complexity index is 459. The molecular formula is C18H27ClN2O. The predicted octanol–water partition coefficient (Wildman–Crippen LogP) is 3.11. The van der Waals surface area contributed by atoms with E-state index in [0.29, 0.717) is 12.1 Å². The Kier molecular flexibility index (Phi) is 5.75. The Morgan fingerprint density at radius 2 is 1.91 bits per heavy atom. The first-order valence-electron chi connectivity index (χ1n) is 8.50. The van der Waals surface area contributed by atoms with E-state index in [0.717, 1.165) is 43.4 Å². The van der Waals surface area contributed by atoms with Crippen molar-refractivity contribution in [3.63, 3.8) is 0 Å². The number of likely N-dealkylation sites (tertiary alicyclic amines) is 1. The molecule has 2 fully saturated rings. The van der Waals surface area contributed by atoms with Crippen molar-refractivity contribution in [2.24, 2.45) is 0 Å². The Labute approximate surface area is 139 Å². The molecule has 0 bridgehead atoms. The molecule has 22 heavy (non-hydrogen) atoms. The van der Waals surface area contributed by atoms with Crippen molar-refractivity contribution in [3.05, 3.63) is 34.9 Å². The van der Waals surface area contributed by atoms with Crippen molar-refractivity contribution in [1.29, 1.82) is 0 Å². The molecule has 4 heteroatoms. The molecule has 3 nitrogen and oxygen atoms in total. The van der Waals surface area contributed by atoms with Crippen molar-refractivity contribution in [3.8, 4) is 0 Å². The van der Waals surface area contributed by atoms with E-state index in [4.69, 9.17) is 16.3 Å². The molecular weight excluding hydrogens is 296 g/mol. The molecule has 2 saturated heterocycles. The van der Waals surface area contributed by atoms with Gasteiger partial charge in [0.2, 0.25) is 0 Å². The number of hydrogen-bond acceptors (Lipinski definition) is 3. The molecule has 3 rings (SSSR count). The molecule has 2 aliphatic heterocycles. The maximum atomic E-state index is 6.01. The van der Waals surface area contributed by atoms with Crippen LogP contribution < -0.4 is 5.32 Å². The zero-order chi connectivity index (χ0) is 15.4. The van der Waals surface area contributed by atoms with E-state index in [2.05, 4.69) is 22.3 Å². The highest BCUT2D eigenvalue weighted by atomic mass is 35.5. The summed E-state index contributed by atoms with van der Waals surface area (Å²) in [6.45, 7) is 3.48. The number of benzene rings is 1. The van der Waals surface area contributed by atoms with Gasteiger partial charge in [0.1, 0.15) is 0 Å². The van der Waals surface area contributed by atoms with E-state index < -0.39 is 0 Å². The van der Waals surface area contributed by atoms with Gasteiger partial charge >= 0.3 is 0 Å². The first-order chi connectivity index (χ1) is 10.8. The molecule has 1 unspecified atom stereocenters. The number of rotatable bonds is 4. The predicted molar refractivity (Wildman–Crippen MR) is 91.6 cm³/mol. The second-order valence-electron chi connectivity index (χ2n) is 6.59. The molecule has 0 aromatic heterocycles. The van der Waals surface area contributed by atoms with Gasteiger partial charge in [0.15, 0.2) is 0 Å². The third-order valence-corrected chi connectivity index (χ3v) is 5.46. The molecule has 1 N–H and O–H groups in total. The minimum Gasteiger partial charge on any atom is -0.381 e. The minimum absolute atomic E-state index is 0.412. The standard InChI is InChI=1S/C18H27ClN2O/c1-22-18-8-11-21(16-6-9-20-10-7-16)17(13-18)12-14-2-4-15(19)5-3-14/h2-5,16-18,20H,6-13H2,1H3/t17?,18-/m0/s1. The number of ether oxygens (including phenoxy) is 1. The van der Waals surface area contributed by atoms with E-state index in [1.165, 1.54) is 24.9 Å². The highest BCUT2D eigenvalue weighted by molar-refractivity contribution is 6.30. The SMILES string of the molecule is CO[C@H]1CCN(C2CCNCC2)C(Cc2ccc(Cl)cc2)C1. The van der Waals surface area contributed by atoms with Gasteiger partial charge in [-0.25, -0.2) is 0 Å². The van der Waals surface area contributed by atoms with Gasteiger partial charge in [-0.2, -0.15) is 0 Å². The van der Waals surface area contributed by atoms with E-state index in [9.17, 15) is 0 Å². The Morgan fingerprint density at radius 1 is 1.18 bits per heavy atom. The lowest BCUT2D eigenvalue weighted by Gasteiger charge is -2.45. The van der Waals surface area contributed by atoms with Crippen LogP contribution in [0.5, 0.6) is 0 Å². The van der Waals surface area contributed by atoms with Crippen LogP contribution in [0.15, 0.2) is 24.3 Å². The van der Waals surface area contributed by atoms with Crippen LogP contribution in [0.2, 0.25) is 5.02 Å². The van der Waals surface area contributed by atoms with Crippen LogP contribution >= 0.6 is 11.6 Å². The van der Waals surface area contributed by atoms with Crippen molar-refractivity contribution in [2.75, 3.05) is 26.7 Å². The normalized spacial score (nSPS) is 27.9. The maximum Gasteiger partial charge on any atom is 0.0598 e. The lowest BCUT2D eigenvalue weighted by Crippen LogP contribution is -2.53. The van der Waals surface area contributed by atoms with Crippen molar-refractivity contribution < 1.29 is 4.74 Å². The molecule has 0 spiro atoms. The molecule has 2 aliphatic rings. The largest absolute Gasteiger partial charge is 0.381 e. The van der Waals surface area contributed by atoms with Gasteiger partial charge in [0.25, 0.3) is 0 Å². The van der Waals surface area contributed by atoms with E-state index in [1.54, 1.807) is 0 Å². The topological polar surface area (TPSA) is 24.5 Å². The monoisotopic (exact) mass is 322 g/mol. The molecule has 1 aromatic rings. The smallest absolute Gasteiger partial charge is 0.0598 e. The number of hydrogen-bond donors (Lipinski definition) is 1. The summed E-state index contributed by atoms with van der Waals surface area (Å²) >= 11 is 6.01. The third-order valence-electron chi connectivity index (χ3n) is 5.21. The Morgan fingerprint density at radius 3 is 2.59 bits per heavy atom. The molecule has 0 radical (unpaired) electrons. The summed E-state index contributed by atoms with van der Waals surface area (Å²) in [5, 5.41) is 4.30. The summed E-state index contributed by atoms with van der Waals surface area (Å²) in [6.07, 6.45) is 6.36.